The van der Waals surface area contributed by atoms with Crippen molar-refractivity contribution < 1.29 is 4.18 Å². The first kappa shape index (κ1) is 16.4. The summed E-state index contributed by atoms with van der Waals surface area (Å²) in [5.41, 5.74) is 2.40. The lowest BCUT2D eigenvalue weighted by atomic mass is 10.2. The van der Waals surface area contributed by atoms with E-state index in [4.69, 9.17) is 4.18 Å². The molecule has 1 rings (SSSR count). The van der Waals surface area contributed by atoms with Crippen molar-refractivity contribution in [3.63, 3.8) is 0 Å². The topological polar surface area (TPSA) is 21.3 Å². The molecule has 1 N–H and O–H groups in total. The molecule has 110 valence electrons. The standard InChI is InChI=1S/C16H29NOS/c1-13(2)17-15-10-8-9-14(11-15)12-18-19(6,7)16(3,4)5/h8-11,13,17H,12H2,1-7H3. The molecule has 0 atom stereocenters. The quantitative estimate of drug-likeness (QED) is 0.838. The Morgan fingerprint density at radius 1 is 1.21 bits per heavy atom. The molecule has 0 bridgehead atoms. The molecule has 0 fully saturated rings. The first-order chi connectivity index (χ1) is 8.62. The molecule has 0 amide bonds. The van der Waals surface area contributed by atoms with Gasteiger partial charge in [-0.05, 0) is 44.1 Å². The molecule has 0 aliphatic rings. The normalized spacial score (nSPS) is 13.7. The molecule has 0 radical (unpaired) electrons. The number of benzene rings is 1. The Bertz CT molecular complexity index is 407. The predicted molar refractivity (Wildman–Crippen MR) is 89.2 cm³/mol. The van der Waals surface area contributed by atoms with Crippen LogP contribution in [0.2, 0.25) is 0 Å². The van der Waals surface area contributed by atoms with Crippen LogP contribution >= 0.6 is 10.3 Å². The Morgan fingerprint density at radius 3 is 2.37 bits per heavy atom. The molecule has 0 aliphatic heterocycles. The molecule has 0 saturated heterocycles. The zero-order chi connectivity index (χ0) is 14.7. The minimum atomic E-state index is -1.05. The summed E-state index contributed by atoms with van der Waals surface area (Å²) >= 11 is 0. The van der Waals surface area contributed by atoms with Gasteiger partial charge in [-0.25, -0.2) is 0 Å². The number of nitrogens with one attached hydrogen (secondary N) is 1. The Kier molecular flexibility index (Phi) is 5.34. The second kappa shape index (κ2) is 6.19. The average Bonchev–Trinajstić information content (AvgIpc) is 2.24. The van der Waals surface area contributed by atoms with Gasteiger partial charge in [0.15, 0.2) is 0 Å². The van der Waals surface area contributed by atoms with Crippen LogP contribution in [-0.4, -0.2) is 23.3 Å². The highest BCUT2D eigenvalue weighted by Gasteiger charge is 2.28. The molecule has 0 saturated carbocycles. The van der Waals surface area contributed by atoms with E-state index in [2.05, 4.69) is 76.7 Å². The van der Waals surface area contributed by atoms with Crippen LogP contribution in [0.1, 0.15) is 40.2 Å². The van der Waals surface area contributed by atoms with Crippen molar-refractivity contribution in [3.05, 3.63) is 29.8 Å². The van der Waals surface area contributed by atoms with E-state index in [1.807, 2.05) is 0 Å². The van der Waals surface area contributed by atoms with Crippen LogP contribution in [0.4, 0.5) is 5.69 Å². The third kappa shape index (κ3) is 5.07. The fourth-order valence-corrected chi connectivity index (χ4v) is 2.26. The van der Waals surface area contributed by atoms with E-state index in [-0.39, 0.29) is 4.75 Å². The van der Waals surface area contributed by atoms with Gasteiger partial charge in [-0.1, -0.05) is 32.9 Å². The third-order valence-electron chi connectivity index (χ3n) is 3.38. The van der Waals surface area contributed by atoms with Crippen molar-refractivity contribution in [2.24, 2.45) is 0 Å². The summed E-state index contributed by atoms with van der Waals surface area (Å²) < 4.78 is 6.40. The lowest BCUT2D eigenvalue weighted by Gasteiger charge is -2.43. The second-order valence-corrected chi connectivity index (χ2v) is 10.5. The average molecular weight is 283 g/mol. The molecule has 2 nitrogen and oxygen atoms in total. The monoisotopic (exact) mass is 283 g/mol. The molecule has 0 heterocycles. The number of anilines is 1. The van der Waals surface area contributed by atoms with Crippen molar-refractivity contribution in [1.29, 1.82) is 0 Å². The van der Waals surface area contributed by atoms with Gasteiger partial charge in [-0.15, -0.1) is 10.3 Å². The molecule has 3 heteroatoms. The molecule has 1 aromatic carbocycles. The SMILES string of the molecule is CC(C)Nc1cccc(COS(C)(C)C(C)(C)C)c1. The zero-order valence-electron chi connectivity index (χ0n) is 13.4. The summed E-state index contributed by atoms with van der Waals surface area (Å²) in [6.07, 6.45) is 4.48. The lowest BCUT2D eigenvalue weighted by molar-refractivity contribution is 0.339. The van der Waals surface area contributed by atoms with Crippen molar-refractivity contribution in [2.45, 2.75) is 52.0 Å². The number of rotatable bonds is 5. The first-order valence-electron chi connectivity index (χ1n) is 6.84. The van der Waals surface area contributed by atoms with Crippen molar-refractivity contribution >= 4 is 16.0 Å². The summed E-state index contributed by atoms with van der Waals surface area (Å²) in [5.74, 6) is 0. The van der Waals surface area contributed by atoms with Crippen molar-refractivity contribution in [3.8, 4) is 0 Å². The Hall–Kier alpha value is -0.670. The minimum Gasteiger partial charge on any atom is -0.383 e. The summed E-state index contributed by atoms with van der Waals surface area (Å²) in [6, 6.07) is 8.95. The van der Waals surface area contributed by atoms with E-state index in [1.54, 1.807) is 0 Å². The zero-order valence-corrected chi connectivity index (χ0v) is 14.2. The van der Waals surface area contributed by atoms with Crippen LogP contribution in [0.5, 0.6) is 0 Å². The van der Waals surface area contributed by atoms with E-state index in [9.17, 15) is 0 Å². The van der Waals surface area contributed by atoms with E-state index >= 15 is 0 Å². The molecule has 0 aliphatic carbocycles. The summed E-state index contributed by atoms with van der Waals surface area (Å²) in [5, 5.41) is 3.42. The minimum absolute atomic E-state index is 0.209. The molecule has 1 aromatic rings. The number of hydrogen-bond donors (Lipinski definition) is 1. The second-order valence-electron chi connectivity index (χ2n) is 6.61. The molecular weight excluding hydrogens is 254 g/mol. The smallest absolute Gasteiger partial charge is 0.0844 e. The van der Waals surface area contributed by atoms with Gasteiger partial charge in [0.1, 0.15) is 0 Å². The molecule has 0 aromatic heterocycles. The third-order valence-corrected chi connectivity index (χ3v) is 7.03. The van der Waals surface area contributed by atoms with E-state index in [0.717, 1.165) is 0 Å². The fourth-order valence-electron chi connectivity index (χ4n) is 1.48. The Balaban J connectivity index is 2.68. The lowest BCUT2D eigenvalue weighted by Crippen LogP contribution is -2.25. The van der Waals surface area contributed by atoms with E-state index < -0.39 is 10.3 Å². The van der Waals surface area contributed by atoms with E-state index in [1.165, 1.54) is 11.3 Å². The first-order valence-corrected chi connectivity index (χ1v) is 9.22. The Labute approximate surface area is 120 Å². The predicted octanol–water partition coefficient (Wildman–Crippen LogP) is 4.80. The summed E-state index contributed by atoms with van der Waals surface area (Å²) in [4.78, 5) is 0. The van der Waals surface area contributed by atoms with Crippen molar-refractivity contribution in [2.75, 3.05) is 17.8 Å². The molecule has 0 spiro atoms. The van der Waals surface area contributed by atoms with Gasteiger partial charge in [0, 0.05) is 16.5 Å². The van der Waals surface area contributed by atoms with Gasteiger partial charge in [0.2, 0.25) is 0 Å². The Morgan fingerprint density at radius 2 is 1.84 bits per heavy atom. The summed E-state index contributed by atoms with van der Waals surface area (Å²) in [7, 11) is -1.05. The molecular formula is C16H29NOS. The van der Waals surface area contributed by atoms with Crippen LogP contribution in [-0.2, 0) is 10.8 Å². The highest BCUT2D eigenvalue weighted by molar-refractivity contribution is 8.29. The van der Waals surface area contributed by atoms with Crippen LogP contribution in [0.25, 0.3) is 0 Å². The van der Waals surface area contributed by atoms with E-state index in [0.29, 0.717) is 12.6 Å². The maximum Gasteiger partial charge on any atom is 0.0844 e. The number of hydrogen-bond acceptors (Lipinski definition) is 2. The van der Waals surface area contributed by atoms with Crippen LogP contribution < -0.4 is 5.32 Å². The largest absolute Gasteiger partial charge is 0.383 e. The van der Waals surface area contributed by atoms with Crippen LogP contribution in [0, 0.1) is 0 Å². The molecule has 0 unspecified atom stereocenters. The highest BCUT2D eigenvalue weighted by atomic mass is 32.3. The maximum absolute atomic E-state index is 6.20. The van der Waals surface area contributed by atoms with Crippen molar-refractivity contribution in [1.82, 2.24) is 0 Å². The highest BCUT2D eigenvalue weighted by Crippen LogP contribution is 2.54. The molecule has 19 heavy (non-hydrogen) atoms. The van der Waals surface area contributed by atoms with Gasteiger partial charge in [-0.2, -0.15) is 0 Å². The maximum atomic E-state index is 6.20. The van der Waals surface area contributed by atoms with Gasteiger partial charge >= 0.3 is 0 Å². The fraction of sp³-hybridized carbons (Fsp3) is 0.625. The van der Waals surface area contributed by atoms with Gasteiger partial charge in [0.25, 0.3) is 0 Å². The van der Waals surface area contributed by atoms with Gasteiger partial charge in [-0.3, -0.25) is 0 Å². The van der Waals surface area contributed by atoms with Crippen LogP contribution in [0.3, 0.4) is 0 Å². The van der Waals surface area contributed by atoms with Crippen LogP contribution in [0.15, 0.2) is 24.3 Å². The summed E-state index contributed by atoms with van der Waals surface area (Å²) in [6.45, 7) is 11.7. The van der Waals surface area contributed by atoms with Gasteiger partial charge < -0.3 is 9.50 Å². The van der Waals surface area contributed by atoms with Gasteiger partial charge in [0.05, 0.1) is 6.61 Å².